The molecule has 104 valence electrons. The third-order valence-electron chi connectivity index (χ3n) is 2.65. The summed E-state index contributed by atoms with van der Waals surface area (Å²) in [6.07, 6.45) is 4.45. The summed E-state index contributed by atoms with van der Waals surface area (Å²) < 4.78 is 5.12. The van der Waals surface area contributed by atoms with Crippen molar-refractivity contribution in [2.24, 2.45) is 0 Å². The van der Waals surface area contributed by atoms with Gasteiger partial charge in [-0.2, -0.15) is 0 Å². The smallest absolute Gasteiger partial charge is 0.323 e. The van der Waals surface area contributed by atoms with E-state index in [-0.39, 0.29) is 6.03 Å². The van der Waals surface area contributed by atoms with Gasteiger partial charge in [-0.05, 0) is 30.3 Å². The Balaban J connectivity index is 1.70. The Labute approximate surface area is 120 Å². The first-order chi connectivity index (χ1) is 10.3. The first kappa shape index (κ1) is 12.8. The average molecular weight is 281 g/mol. The van der Waals surface area contributed by atoms with Crippen LogP contribution in [0.5, 0.6) is 0 Å². The normalized spacial score (nSPS) is 10.1. The van der Waals surface area contributed by atoms with Gasteiger partial charge in [-0.15, -0.1) is 10.2 Å². The van der Waals surface area contributed by atoms with E-state index in [1.165, 1.54) is 6.39 Å². The number of carbonyl (C=O) groups is 1. The number of amides is 2. The van der Waals surface area contributed by atoms with E-state index >= 15 is 0 Å². The van der Waals surface area contributed by atoms with E-state index in [1.807, 2.05) is 6.07 Å². The largest absolute Gasteiger partial charge is 0.423 e. The summed E-state index contributed by atoms with van der Waals surface area (Å²) in [5, 5.41) is 12.8. The van der Waals surface area contributed by atoms with E-state index in [9.17, 15) is 4.79 Å². The summed E-state index contributed by atoms with van der Waals surface area (Å²) in [7, 11) is 0. The van der Waals surface area contributed by atoms with Crippen LogP contribution in [0.3, 0.4) is 0 Å². The number of pyridine rings is 1. The van der Waals surface area contributed by atoms with E-state index < -0.39 is 0 Å². The predicted octanol–water partition coefficient (Wildman–Crippen LogP) is 2.78. The molecule has 2 aromatic heterocycles. The van der Waals surface area contributed by atoms with Gasteiger partial charge in [-0.1, -0.05) is 6.07 Å². The first-order valence-electron chi connectivity index (χ1n) is 6.16. The molecule has 0 saturated heterocycles. The Hall–Kier alpha value is -3.22. The van der Waals surface area contributed by atoms with Gasteiger partial charge in [0.25, 0.3) is 0 Å². The number of rotatable bonds is 3. The molecular formula is C14H11N5O2. The van der Waals surface area contributed by atoms with Crippen LogP contribution in [0.1, 0.15) is 0 Å². The zero-order chi connectivity index (χ0) is 14.5. The zero-order valence-electron chi connectivity index (χ0n) is 10.9. The second-order valence-corrected chi connectivity index (χ2v) is 4.15. The van der Waals surface area contributed by atoms with Crippen LogP contribution in [0.4, 0.5) is 16.2 Å². The van der Waals surface area contributed by atoms with Crippen LogP contribution in [-0.4, -0.2) is 21.2 Å². The van der Waals surface area contributed by atoms with Crippen LogP contribution in [0.25, 0.3) is 11.5 Å². The SMILES string of the molecule is O=C(Nc1cccnc1)Nc1cccc(-c2nnco2)c1. The fraction of sp³-hybridized carbons (Fsp3) is 0. The van der Waals surface area contributed by atoms with Crippen molar-refractivity contribution in [3.05, 3.63) is 55.2 Å². The third-order valence-corrected chi connectivity index (χ3v) is 2.65. The molecule has 3 rings (SSSR count). The van der Waals surface area contributed by atoms with Gasteiger partial charge >= 0.3 is 6.03 Å². The van der Waals surface area contributed by atoms with Crippen LogP contribution in [0.2, 0.25) is 0 Å². The highest BCUT2D eigenvalue weighted by molar-refractivity contribution is 5.99. The number of nitrogens with zero attached hydrogens (tertiary/aromatic N) is 3. The van der Waals surface area contributed by atoms with Crippen molar-refractivity contribution in [2.75, 3.05) is 10.6 Å². The highest BCUT2D eigenvalue weighted by Gasteiger charge is 2.06. The summed E-state index contributed by atoms with van der Waals surface area (Å²) in [4.78, 5) is 15.8. The van der Waals surface area contributed by atoms with Crippen LogP contribution < -0.4 is 10.6 Å². The minimum atomic E-state index is -0.356. The van der Waals surface area contributed by atoms with Crippen molar-refractivity contribution >= 4 is 17.4 Å². The molecule has 21 heavy (non-hydrogen) atoms. The minimum Gasteiger partial charge on any atom is -0.423 e. The van der Waals surface area contributed by atoms with Crippen LogP contribution in [-0.2, 0) is 0 Å². The maximum Gasteiger partial charge on any atom is 0.323 e. The van der Waals surface area contributed by atoms with E-state index in [0.717, 1.165) is 5.56 Å². The number of hydrogen-bond acceptors (Lipinski definition) is 5. The number of carbonyl (C=O) groups excluding carboxylic acids is 1. The molecular weight excluding hydrogens is 270 g/mol. The van der Waals surface area contributed by atoms with Crippen LogP contribution in [0, 0.1) is 0 Å². The molecule has 0 aliphatic carbocycles. The van der Waals surface area contributed by atoms with Gasteiger partial charge in [0.1, 0.15) is 0 Å². The molecule has 7 nitrogen and oxygen atoms in total. The Morgan fingerprint density at radius 1 is 1.10 bits per heavy atom. The fourth-order valence-corrected chi connectivity index (χ4v) is 1.76. The molecule has 0 unspecified atom stereocenters. The molecule has 0 saturated carbocycles. The van der Waals surface area contributed by atoms with Gasteiger partial charge in [0.05, 0.1) is 11.9 Å². The third kappa shape index (κ3) is 3.21. The van der Waals surface area contributed by atoms with E-state index in [1.54, 1.807) is 42.7 Å². The van der Waals surface area contributed by atoms with E-state index in [2.05, 4.69) is 25.8 Å². The number of benzene rings is 1. The van der Waals surface area contributed by atoms with Crippen molar-refractivity contribution in [2.45, 2.75) is 0 Å². The topological polar surface area (TPSA) is 92.9 Å². The van der Waals surface area contributed by atoms with Crippen molar-refractivity contribution < 1.29 is 9.21 Å². The highest BCUT2D eigenvalue weighted by atomic mass is 16.4. The molecule has 0 aliphatic heterocycles. The summed E-state index contributed by atoms with van der Waals surface area (Å²) in [6.45, 7) is 0. The lowest BCUT2D eigenvalue weighted by molar-refractivity contribution is 0.262. The molecule has 0 spiro atoms. The maximum absolute atomic E-state index is 11.9. The molecule has 3 aromatic rings. The highest BCUT2D eigenvalue weighted by Crippen LogP contribution is 2.20. The molecule has 0 atom stereocenters. The Bertz CT molecular complexity index is 728. The Kier molecular flexibility index (Phi) is 3.55. The van der Waals surface area contributed by atoms with Crippen LogP contribution >= 0.6 is 0 Å². The summed E-state index contributed by atoms with van der Waals surface area (Å²) >= 11 is 0. The number of nitrogens with one attached hydrogen (secondary N) is 2. The molecule has 0 aliphatic rings. The standard InChI is InChI=1S/C14H11N5O2/c20-14(18-12-5-2-6-15-8-12)17-11-4-1-3-10(7-11)13-19-16-9-21-13/h1-9H,(H2,17,18,20). The molecule has 0 fully saturated rings. The van der Waals surface area contributed by atoms with Gasteiger partial charge in [-0.3, -0.25) is 4.98 Å². The second kappa shape index (κ2) is 5.83. The van der Waals surface area contributed by atoms with Crippen molar-refractivity contribution in [1.29, 1.82) is 0 Å². The van der Waals surface area contributed by atoms with Gasteiger partial charge in [0.15, 0.2) is 0 Å². The Morgan fingerprint density at radius 2 is 1.95 bits per heavy atom. The van der Waals surface area contributed by atoms with Gasteiger partial charge < -0.3 is 15.1 Å². The molecule has 0 radical (unpaired) electrons. The fourth-order valence-electron chi connectivity index (χ4n) is 1.76. The van der Waals surface area contributed by atoms with Crippen LogP contribution in [0.15, 0.2) is 59.6 Å². The molecule has 2 amide bonds. The van der Waals surface area contributed by atoms with Gasteiger partial charge in [0, 0.05) is 17.4 Å². The number of hydrogen-bond donors (Lipinski definition) is 2. The van der Waals surface area contributed by atoms with E-state index in [0.29, 0.717) is 17.3 Å². The summed E-state index contributed by atoms with van der Waals surface area (Å²) in [5.41, 5.74) is 1.96. The zero-order valence-corrected chi connectivity index (χ0v) is 10.9. The lowest BCUT2D eigenvalue weighted by Crippen LogP contribution is -2.19. The van der Waals surface area contributed by atoms with Gasteiger partial charge in [-0.25, -0.2) is 4.79 Å². The number of urea groups is 1. The lowest BCUT2D eigenvalue weighted by atomic mass is 10.2. The molecule has 0 bridgehead atoms. The first-order valence-corrected chi connectivity index (χ1v) is 6.16. The molecule has 2 N–H and O–H groups in total. The van der Waals surface area contributed by atoms with Gasteiger partial charge in [0.2, 0.25) is 12.3 Å². The number of aromatic nitrogens is 3. The second-order valence-electron chi connectivity index (χ2n) is 4.15. The average Bonchev–Trinajstić information content (AvgIpc) is 3.02. The predicted molar refractivity (Wildman–Crippen MR) is 76.6 cm³/mol. The lowest BCUT2D eigenvalue weighted by Gasteiger charge is -2.07. The summed E-state index contributed by atoms with van der Waals surface area (Å²) in [5.74, 6) is 0.395. The van der Waals surface area contributed by atoms with Crippen molar-refractivity contribution in [3.63, 3.8) is 0 Å². The summed E-state index contributed by atoms with van der Waals surface area (Å²) in [6, 6.07) is 10.3. The molecule has 7 heteroatoms. The quantitative estimate of drug-likeness (QED) is 0.770. The molecule has 1 aromatic carbocycles. The molecule has 2 heterocycles. The van der Waals surface area contributed by atoms with E-state index in [4.69, 9.17) is 4.42 Å². The number of anilines is 2. The van der Waals surface area contributed by atoms with Crippen molar-refractivity contribution in [3.8, 4) is 11.5 Å². The monoisotopic (exact) mass is 281 g/mol. The minimum absolute atomic E-state index is 0.356. The van der Waals surface area contributed by atoms with Crippen molar-refractivity contribution in [1.82, 2.24) is 15.2 Å². The maximum atomic E-state index is 11.9. The Morgan fingerprint density at radius 3 is 2.71 bits per heavy atom.